The third-order valence-electron chi connectivity index (χ3n) is 6.58. The van der Waals surface area contributed by atoms with Gasteiger partial charge in [-0.2, -0.15) is 31.5 Å². The van der Waals surface area contributed by atoms with Crippen molar-refractivity contribution in [3.63, 3.8) is 0 Å². The largest absolute Gasteiger partial charge is 0.416 e. The van der Waals surface area contributed by atoms with E-state index in [2.05, 4.69) is 20.3 Å². The van der Waals surface area contributed by atoms with Crippen molar-refractivity contribution < 1.29 is 26.3 Å². The van der Waals surface area contributed by atoms with E-state index in [1.807, 2.05) is 37.3 Å². The number of hydrogen-bond acceptors (Lipinski definition) is 4. The molecule has 0 amide bonds. The summed E-state index contributed by atoms with van der Waals surface area (Å²) in [6, 6.07) is 10.8. The Morgan fingerprint density at radius 2 is 1.62 bits per heavy atom. The van der Waals surface area contributed by atoms with Crippen LogP contribution in [0.15, 0.2) is 64.0 Å². The maximum absolute atomic E-state index is 13.5. The minimum Gasteiger partial charge on any atom is -0.368 e. The van der Waals surface area contributed by atoms with Crippen LogP contribution in [0.2, 0.25) is 0 Å². The van der Waals surface area contributed by atoms with Crippen molar-refractivity contribution in [2.75, 3.05) is 25.0 Å². The van der Waals surface area contributed by atoms with E-state index in [1.54, 1.807) is 0 Å². The fourth-order valence-corrected chi connectivity index (χ4v) is 4.43. The minimum absolute atomic E-state index is 0.000495. The normalized spacial score (nSPS) is 14.8. The Morgan fingerprint density at radius 1 is 0.975 bits per heavy atom. The van der Waals surface area contributed by atoms with E-state index in [-0.39, 0.29) is 24.1 Å². The topological polar surface area (TPSA) is 82.5 Å². The van der Waals surface area contributed by atoms with Crippen LogP contribution in [-0.2, 0) is 25.4 Å². The van der Waals surface area contributed by atoms with Crippen LogP contribution in [-0.4, -0.2) is 36.0 Å². The average Bonchev–Trinajstić information content (AvgIpc) is 3.72. The number of nitrogens with two attached hydrogens (primary N) is 1. The molecule has 0 spiro atoms. The summed E-state index contributed by atoms with van der Waals surface area (Å²) in [7, 11) is 1.35. The maximum Gasteiger partial charge on any atom is 0.416 e. The summed E-state index contributed by atoms with van der Waals surface area (Å²) in [6.07, 6.45) is -7.72. The lowest BCUT2D eigenvalue weighted by molar-refractivity contribution is -0.143. The number of aromatic nitrogens is 1. The first-order valence-electron chi connectivity index (χ1n) is 12.7. The van der Waals surface area contributed by atoms with Gasteiger partial charge >= 0.3 is 12.4 Å². The molecule has 0 aliphatic heterocycles. The molecule has 2 aromatic carbocycles. The molecule has 13 heteroatoms. The quantitative estimate of drug-likeness (QED) is 0.101. The molecule has 1 aliphatic rings. The molecule has 1 fully saturated rings. The maximum atomic E-state index is 13.5. The molecule has 0 bridgehead atoms. The van der Waals surface area contributed by atoms with Gasteiger partial charge in [0.2, 0.25) is 5.96 Å². The molecule has 3 aromatic rings. The van der Waals surface area contributed by atoms with Crippen LogP contribution in [0.1, 0.15) is 42.0 Å². The molecular formula is C27H29F6N7. The average molecular weight is 566 g/mol. The summed E-state index contributed by atoms with van der Waals surface area (Å²) in [4.78, 5) is 8.37. The Morgan fingerprint density at radius 3 is 2.20 bits per heavy atom. The van der Waals surface area contributed by atoms with Crippen LogP contribution in [0.3, 0.4) is 0 Å². The van der Waals surface area contributed by atoms with Gasteiger partial charge in [0.25, 0.3) is 0 Å². The van der Waals surface area contributed by atoms with Crippen LogP contribution in [0.4, 0.5) is 32.2 Å². The van der Waals surface area contributed by atoms with Gasteiger partial charge in [0.15, 0.2) is 0 Å². The van der Waals surface area contributed by atoms with E-state index < -0.39 is 30.0 Å². The van der Waals surface area contributed by atoms with Gasteiger partial charge in [0.05, 0.1) is 23.7 Å². The molecule has 1 aliphatic carbocycles. The number of rotatable bonds is 9. The van der Waals surface area contributed by atoms with Crippen LogP contribution < -0.4 is 10.6 Å². The van der Waals surface area contributed by atoms with Gasteiger partial charge in [0.1, 0.15) is 5.82 Å². The Kier molecular flexibility index (Phi) is 8.50. The van der Waals surface area contributed by atoms with Gasteiger partial charge < -0.3 is 15.5 Å². The highest BCUT2D eigenvalue weighted by molar-refractivity contribution is 5.83. The standard InChI is InChI=1S/C27H29F6N7/c1-3-39(14-17-8-9-17)24-20(12-19-6-4-5-7-23(19)36-24)16-40(25(34)37-38-35-2)15-18-10-21(26(28,29)30)13-22(11-18)27(31,32)33/h4-7,10-13,17H,3,8-9,14-16H2,1-2H3,(H2,34,35,37). The Balaban J connectivity index is 1.79. The van der Waals surface area contributed by atoms with Crippen molar-refractivity contribution in [3.05, 3.63) is 70.8 Å². The number of alkyl halides is 6. The molecule has 1 aromatic heterocycles. The predicted octanol–water partition coefficient (Wildman–Crippen LogP) is 6.82. The second-order valence-corrected chi connectivity index (χ2v) is 9.66. The molecule has 1 heterocycles. The Hall–Kier alpha value is -3.90. The zero-order valence-electron chi connectivity index (χ0n) is 22.0. The number of hydrogen-bond donors (Lipinski definition) is 1. The molecule has 0 saturated heterocycles. The van der Waals surface area contributed by atoms with Crippen molar-refractivity contribution in [2.45, 2.75) is 45.2 Å². The van der Waals surface area contributed by atoms with Crippen LogP contribution >= 0.6 is 0 Å². The van der Waals surface area contributed by atoms with E-state index >= 15 is 0 Å². The third kappa shape index (κ3) is 7.19. The van der Waals surface area contributed by atoms with Gasteiger partial charge in [0, 0.05) is 37.1 Å². The van der Waals surface area contributed by atoms with Gasteiger partial charge in [-0.05, 0) is 66.8 Å². The van der Waals surface area contributed by atoms with Crippen molar-refractivity contribution in [3.8, 4) is 0 Å². The molecule has 4 rings (SSSR count). The predicted molar refractivity (Wildman–Crippen MR) is 140 cm³/mol. The fraction of sp³-hybridized carbons (Fsp3) is 0.407. The molecule has 40 heavy (non-hydrogen) atoms. The summed E-state index contributed by atoms with van der Waals surface area (Å²) in [5, 5.41) is 11.7. The molecular weight excluding hydrogens is 536 g/mol. The van der Waals surface area contributed by atoms with Gasteiger partial charge in [-0.3, -0.25) is 0 Å². The first kappa shape index (κ1) is 29.1. The van der Waals surface area contributed by atoms with Crippen molar-refractivity contribution in [2.24, 2.45) is 27.1 Å². The van der Waals surface area contributed by atoms with Crippen molar-refractivity contribution in [1.29, 1.82) is 0 Å². The minimum atomic E-state index is -4.98. The Bertz CT molecular complexity index is 1360. The summed E-state index contributed by atoms with van der Waals surface area (Å²) >= 11 is 0. The van der Waals surface area contributed by atoms with Gasteiger partial charge in [-0.1, -0.05) is 23.3 Å². The second-order valence-electron chi connectivity index (χ2n) is 9.66. The SMILES string of the molecule is CCN(CC1CC1)c1nc2ccccc2cc1CN(Cc1cc(C(F)(F)F)cc(C(F)(F)F)c1)C(N)=NN=NC. The number of fused-ring (bicyclic) bond motifs is 1. The molecule has 1 saturated carbocycles. The van der Waals surface area contributed by atoms with E-state index in [4.69, 9.17) is 10.7 Å². The fourth-order valence-electron chi connectivity index (χ4n) is 4.43. The number of halogens is 6. The van der Waals surface area contributed by atoms with Crippen molar-refractivity contribution in [1.82, 2.24) is 9.88 Å². The zero-order chi connectivity index (χ0) is 29.1. The Labute approximate surface area is 227 Å². The lowest BCUT2D eigenvalue weighted by atomic mass is 10.0. The number of nitrogens with zero attached hydrogens (tertiary/aromatic N) is 6. The molecule has 7 nitrogen and oxygen atoms in total. The molecule has 2 N–H and O–H groups in total. The highest BCUT2D eigenvalue weighted by atomic mass is 19.4. The van der Waals surface area contributed by atoms with Crippen LogP contribution in [0, 0.1) is 5.92 Å². The van der Waals surface area contributed by atoms with Crippen LogP contribution in [0.5, 0.6) is 0 Å². The lowest BCUT2D eigenvalue weighted by Gasteiger charge is -2.29. The van der Waals surface area contributed by atoms with E-state index in [0.717, 1.165) is 30.3 Å². The molecule has 0 atom stereocenters. The van der Waals surface area contributed by atoms with E-state index in [0.29, 0.717) is 36.0 Å². The highest BCUT2D eigenvalue weighted by Gasteiger charge is 2.37. The van der Waals surface area contributed by atoms with Gasteiger partial charge in [-0.25, -0.2) is 4.98 Å². The summed E-state index contributed by atoms with van der Waals surface area (Å²) in [6.45, 7) is 3.04. The van der Waals surface area contributed by atoms with E-state index in [9.17, 15) is 26.3 Å². The van der Waals surface area contributed by atoms with Crippen LogP contribution in [0.25, 0.3) is 10.9 Å². The summed E-state index contributed by atoms with van der Waals surface area (Å²) in [5.41, 5.74) is 4.55. The monoisotopic (exact) mass is 565 g/mol. The second kappa shape index (κ2) is 11.7. The lowest BCUT2D eigenvalue weighted by Crippen LogP contribution is -2.37. The number of anilines is 1. The third-order valence-corrected chi connectivity index (χ3v) is 6.58. The van der Waals surface area contributed by atoms with E-state index in [1.165, 1.54) is 11.9 Å². The number of para-hydroxylation sites is 1. The number of benzene rings is 2. The molecule has 0 radical (unpaired) electrons. The first-order valence-corrected chi connectivity index (χ1v) is 12.7. The number of guanidine groups is 1. The van der Waals surface area contributed by atoms with Crippen molar-refractivity contribution >= 4 is 22.7 Å². The number of pyridine rings is 1. The highest BCUT2D eigenvalue weighted by Crippen LogP contribution is 2.37. The zero-order valence-corrected chi connectivity index (χ0v) is 22.0. The smallest absolute Gasteiger partial charge is 0.368 e. The summed E-state index contributed by atoms with van der Waals surface area (Å²) < 4.78 is 81.1. The molecule has 214 valence electrons. The van der Waals surface area contributed by atoms with Gasteiger partial charge in [-0.15, -0.1) is 0 Å². The first-order chi connectivity index (χ1) is 18.9. The molecule has 0 unspecified atom stereocenters. The summed E-state index contributed by atoms with van der Waals surface area (Å²) in [5.74, 6) is 0.989.